The summed E-state index contributed by atoms with van der Waals surface area (Å²) in [6, 6.07) is 13.7. The van der Waals surface area contributed by atoms with Crippen LogP contribution in [0.5, 0.6) is 0 Å². The molecule has 0 atom stereocenters. The van der Waals surface area contributed by atoms with Gasteiger partial charge in [0.05, 0.1) is 16.4 Å². The van der Waals surface area contributed by atoms with Crippen LogP contribution < -0.4 is 11.1 Å². The molecule has 88 valence electrons. The number of anilines is 2. The van der Waals surface area contributed by atoms with E-state index >= 15 is 0 Å². The van der Waals surface area contributed by atoms with Crippen molar-refractivity contribution in [3.63, 3.8) is 0 Å². The lowest BCUT2D eigenvalue weighted by Gasteiger charge is -2.10. The summed E-state index contributed by atoms with van der Waals surface area (Å²) < 4.78 is 1.07. The molecule has 0 spiro atoms. The highest BCUT2D eigenvalue weighted by atomic mass is 79.9. The van der Waals surface area contributed by atoms with Gasteiger partial charge in [-0.3, -0.25) is 0 Å². The smallest absolute Gasteiger partial charge is 0.0739 e. The molecule has 0 bridgehead atoms. The topological polar surface area (TPSA) is 38.0 Å². The molecule has 0 amide bonds. The van der Waals surface area contributed by atoms with E-state index in [0.717, 1.165) is 16.7 Å². The van der Waals surface area contributed by atoms with Gasteiger partial charge in [-0.1, -0.05) is 45.7 Å². The molecule has 2 aromatic carbocycles. The fraction of sp³-hybridized carbons (Fsp3) is 0.0769. The van der Waals surface area contributed by atoms with E-state index in [9.17, 15) is 0 Å². The monoisotopic (exact) mass is 310 g/mol. The molecule has 0 heterocycles. The van der Waals surface area contributed by atoms with Crippen LogP contribution in [0.3, 0.4) is 0 Å². The number of nitrogens with one attached hydrogen (secondary N) is 1. The highest BCUT2D eigenvalue weighted by Gasteiger charge is 2.02. The van der Waals surface area contributed by atoms with E-state index < -0.39 is 0 Å². The third kappa shape index (κ3) is 3.14. The number of benzene rings is 2. The number of nitrogen functional groups attached to an aromatic ring is 1. The van der Waals surface area contributed by atoms with Crippen LogP contribution >= 0.6 is 27.5 Å². The van der Waals surface area contributed by atoms with Gasteiger partial charge in [-0.15, -0.1) is 0 Å². The van der Waals surface area contributed by atoms with E-state index in [1.54, 1.807) is 6.07 Å². The summed E-state index contributed by atoms with van der Waals surface area (Å²) in [5.74, 6) is 0. The second-order valence-corrected chi connectivity index (χ2v) is 5.00. The van der Waals surface area contributed by atoms with Crippen molar-refractivity contribution in [3.8, 4) is 0 Å². The van der Waals surface area contributed by atoms with Gasteiger partial charge in [-0.2, -0.15) is 0 Å². The summed E-state index contributed by atoms with van der Waals surface area (Å²) >= 11 is 9.35. The highest BCUT2D eigenvalue weighted by Crippen LogP contribution is 2.27. The maximum absolute atomic E-state index is 5.95. The van der Waals surface area contributed by atoms with Crippen LogP contribution in [0.25, 0.3) is 0 Å². The van der Waals surface area contributed by atoms with Gasteiger partial charge in [-0.25, -0.2) is 0 Å². The van der Waals surface area contributed by atoms with E-state index in [1.807, 2.05) is 24.3 Å². The first-order valence-electron chi connectivity index (χ1n) is 5.19. The Morgan fingerprint density at radius 3 is 2.53 bits per heavy atom. The Bertz CT molecular complexity index is 511. The van der Waals surface area contributed by atoms with E-state index in [-0.39, 0.29) is 0 Å². The van der Waals surface area contributed by atoms with Gasteiger partial charge >= 0.3 is 0 Å². The Hall–Kier alpha value is -1.19. The van der Waals surface area contributed by atoms with Crippen molar-refractivity contribution < 1.29 is 0 Å². The molecule has 4 heteroatoms. The number of hydrogen-bond acceptors (Lipinski definition) is 2. The molecule has 0 saturated carbocycles. The zero-order chi connectivity index (χ0) is 12.3. The molecule has 2 rings (SSSR count). The van der Waals surface area contributed by atoms with Crippen LogP contribution in [-0.4, -0.2) is 0 Å². The number of nitrogens with two attached hydrogens (primary N) is 1. The zero-order valence-electron chi connectivity index (χ0n) is 9.08. The molecule has 2 aromatic rings. The average Bonchev–Trinajstić information content (AvgIpc) is 2.33. The highest BCUT2D eigenvalue weighted by molar-refractivity contribution is 9.10. The standard InChI is InChI=1S/C13H12BrClN2/c14-10-6-4-9(5-7-10)8-17-12-3-1-2-11(15)13(12)16/h1-7,17H,8,16H2. The van der Waals surface area contributed by atoms with Crippen molar-refractivity contribution in [2.24, 2.45) is 0 Å². The van der Waals surface area contributed by atoms with E-state index in [1.165, 1.54) is 5.56 Å². The number of rotatable bonds is 3. The normalized spacial score (nSPS) is 10.2. The lowest BCUT2D eigenvalue weighted by atomic mass is 10.2. The van der Waals surface area contributed by atoms with Crippen molar-refractivity contribution in [1.29, 1.82) is 0 Å². The van der Waals surface area contributed by atoms with Crippen LogP contribution in [-0.2, 0) is 6.54 Å². The van der Waals surface area contributed by atoms with Gasteiger partial charge in [0.2, 0.25) is 0 Å². The lowest BCUT2D eigenvalue weighted by Crippen LogP contribution is -2.02. The van der Waals surface area contributed by atoms with Crippen LogP contribution in [0.4, 0.5) is 11.4 Å². The minimum atomic E-state index is 0.575. The molecule has 0 aromatic heterocycles. The quantitative estimate of drug-likeness (QED) is 0.830. The number of halogens is 2. The largest absolute Gasteiger partial charge is 0.396 e. The summed E-state index contributed by atoms with van der Waals surface area (Å²) in [6.07, 6.45) is 0. The molecule has 0 saturated heterocycles. The maximum atomic E-state index is 5.95. The molecule has 3 N–H and O–H groups in total. The van der Waals surface area contributed by atoms with Gasteiger partial charge in [0.1, 0.15) is 0 Å². The number of para-hydroxylation sites is 1. The Morgan fingerprint density at radius 2 is 1.82 bits per heavy atom. The summed E-state index contributed by atoms with van der Waals surface area (Å²) in [7, 11) is 0. The summed E-state index contributed by atoms with van der Waals surface area (Å²) in [5, 5.41) is 3.84. The third-order valence-electron chi connectivity index (χ3n) is 2.45. The average molecular weight is 312 g/mol. The molecule has 0 radical (unpaired) electrons. The molecule has 0 fully saturated rings. The van der Waals surface area contributed by atoms with Gasteiger partial charge in [0.25, 0.3) is 0 Å². The van der Waals surface area contributed by atoms with Gasteiger partial charge in [0, 0.05) is 11.0 Å². The predicted molar refractivity (Wildman–Crippen MR) is 77.3 cm³/mol. The minimum Gasteiger partial charge on any atom is -0.396 e. The Morgan fingerprint density at radius 1 is 1.12 bits per heavy atom. The fourth-order valence-electron chi connectivity index (χ4n) is 1.49. The number of hydrogen-bond donors (Lipinski definition) is 2. The van der Waals surface area contributed by atoms with Crippen LogP contribution in [0.2, 0.25) is 5.02 Å². The zero-order valence-corrected chi connectivity index (χ0v) is 11.4. The fourth-order valence-corrected chi connectivity index (χ4v) is 1.93. The van der Waals surface area contributed by atoms with Gasteiger partial charge < -0.3 is 11.1 Å². The molecule has 0 aliphatic heterocycles. The second kappa shape index (κ2) is 5.43. The summed E-state index contributed by atoms with van der Waals surface area (Å²) in [6.45, 7) is 0.720. The second-order valence-electron chi connectivity index (χ2n) is 3.68. The van der Waals surface area contributed by atoms with Crippen LogP contribution in [0.1, 0.15) is 5.56 Å². The molecule has 0 aliphatic rings. The Kier molecular flexibility index (Phi) is 3.92. The van der Waals surface area contributed by atoms with Gasteiger partial charge in [-0.05, 0) is 29.8 Å². The van der Waals surface area contributed by atoms with Crippen molar-refractivity contribution in [1.82, 2.24) is 0 Å². The van der Waals surface area contributed by atoms with E-state index in [2.05, 4.69) is 33.4 Å². The summed E-state index contributed by atoms with van der Waals surface area (Å²) in [4.78, 5) is 0. The molecule has 2 nitrogen and oxygen atoms in total. The van der Waals surface area contributed by atoms with Crippen LogP contribution in [0.15, 0.2) is 46.9 Å². The van der Waals surface area contributed by atoms with E-state index in [4.69, 9.17) is 17.3 Å². The predicted octanol–water partition coefficient (Wildman–Crippen LogP) is 4.30. The first-order valence-corrected chi connectivity index (χ1v) is 6.36. The Labute approximate surface area is 114 Å². The van der Waals surface area contributed by atoms with Crippen molar-refractivity contribution in [3.05, 3.63) is 57.5 Å². The van der Waals surface area contributed by atoms with E-state index in [0.29, 0.717) is 10.7 Å². The van der Waals surface area contributed by atoms with Crippen molar-refractivity contribution in [2.45, 2.75) is 6.54 Å². The first kappa shape index (κ1) is 12.3. The van der Waals surface area contributed by atoms with Crippen molar-refractivity contribution in [2.75, 3.05) is 11.1 Å². The van der Waals surface area contributed by atoms with Gasteiger partial charge in [0.15, 0.2) is 0 Å². The third-order valence-corrected chi connectivity index (χ3v) is 3.31. The Balaban J connectivity index is 2.07. The van der Waals surface area contributed by atoms with Crippen molar-refractivity contribution >= 4 is 38.9 Å². The maximum Gasteiger partial charge on any atom is 0.0739 e. The summed E-state index contributed by atoms with van der Waals surface area (Å²) in [5.41, 5.74) is 8.51. The molecule has 17 heavy (non-hydrogen) atoms. The molecule has 0 unspecified atom stereocenters. The first-order chi connectivity index (χ1) is 8.16. The molecule has 0 aliphatic carbocycles. The lowest BCUT2D eigenvalue weighted by molar-refractivity contribution is 1.15. The molecular formula is C13H12BrClN2. The van der Waals surface area contributed by atoms with Crippen LogP contribution in [0, 0.1) is 0 Å². The molecular weight excluding hydrogens is 300 g/mol. The minimum absolute atomic E-state index is 0.575. The SMILES string of the molecule is Nc1c(Cl)cccc1NCc1ccc(Br)cc1.